The fourth-order valence-corrected chi connectivity index (χ4v) is 7.62. The van der Waals surface area contributed by atoms with E-state index in [4.69, 9.17) is 9.73 Å². The van der Waals surface area contributed by atoms with Gasteiger partial charge in [-0.2, -0.15) is 9.97 Å². The Morgan fingerprint density at radius 1 is 0.619 bits per heavy atom. The van der Waals surface area contributed by atoms with E-state index in [1.54, 1.807) is 29.4 Å². The van der Waals surface area contributed by atoms with E-state index < -0.39 is 0 Å². The van der Waals surface area contributed by atoms with Crippen LogP contribution in [0.4, 0.5) is 17.5 Å². The summed E-state index contributed by atoms with van der Waals surface area (Å²) in [7, 11) is 0. The molecule has 3 fully saturated rings. The first-order valence-corrected chi connectivity index (χ1v) is 22.2. The second kappa shape index (κ2) is 22.5. The van der Waals surface area contributed by atoms with Crippen LogP contribution in [0.15, 0.2) is 61.7 Å². The minimum absolute atomic E-state index is 0. The van der Waals surface area contributed by atoms with Gasteiger partial charge in [-0.25, -0.2) is 34.7 Å². The average molecular weight is 868 g/mol. The van der Waals surface area contributed by atoms with Crippen LogP contribution in [0.25, 0.3) is 22.3 Å². The van der Waals surface area contributed by atoms with Crippen molar-refractivity contribution in [1.29, 1.82) is 0 Å². The molecule has 0 aliphatic carbocycles. The van der Waals surface area contributed by atoms with Gasteiger partial charge in [0, 0.05) is 69.8 Å². The summed E-state index contributed by atoms with van der Waals surface area (Å²) in [6, 6.07) is 4.38. The van der Waals surface area contributed by atoms with Gasteiger partial charge in [-0.05, 0) is 113 Å². The van der Waals surface area contributed by atoms with Crippen molar-refractivity contribution in [1.82, 2.24) is 58.3 Å². The lowest BCUT2D eigenvalue weighted by Crippen LogP contribution is -2.39. The van der Waals surface area contributed by atoms with Crippen LogP contribution in [-0.2, 0) is 4.74 Å². The fraction of sp³-hybridized carbons (Fsp3) is 0.600. The molecule has 3 aliphatic rings. The predicted molar refractivity (Wildman–Crippen MR) is 254 cm³/mol. The molecular weight excluding hydrogens is 799 g/mol. The summed E-state index contributed by atoms with van der Waals surface area (Å²) in [6.45, 7) is 25.7. The van der Waals surface area contributed by atoms with E-state index in [1.807, 2.05) is 65.4 Å². The van der Waals surface area contributed by atoms with Gasteiger partial charge in [0.15, 0.2) is 22.6 Å². The summed E-state index contributed by atoms with van der Waals surface area (Å²) < 4.78 is 10.9. The van der Waals surface area contributed by atoms with Crippen molar-refractivity contribution >= 4 is 57.3 Å². The number of aromatic nitrogens is 9. The molecule has 18 nitrogen and oxygen atoms in total. The normalized spacial score (nSPS) is 16.6. The highest BCUT2D eigenvalue weighted by Crippen LogP contribution is 2.25. The average Bonchev–Trinajstić information content (AvgIpc) is 3.91. The Kier molecular flexibility index (Phi) is 17.3. The number of likely N-dealkylation sites (tertiary alicyclic amines) is 2. The topological polar surface area (TPSA) is 185 Å². The van der Waals surface area contributed by atoms with Gasteiger partial charge in [0.1, 0.15) is 23.0 Å². The van der Waals surface area contributed by atoms with Gasteiger partial charge in [-0.3, -0.25) is 14.3 Å². The van der Waals surface area contributed by atoms with E-state index in [0.717, 1.165) is 86.8 Å². The molecular formula is C45H69N15O3. The summed E-state index contributed by atoms with van der Waals surface area (Å²) in [5.41, 5.74) is 3.10. The molecule has 0 spiro atoms. The third-order valence-corrected chi connectivity index (χ3v) is 11.3. The monoisotopic (exact) mass is 868 g/mol. The number of hydrogen-bond acceptors (Lipinski definition) is 11. The van der Waals surface area contributed by atoms with Gasteiger partial charge in [-0.15, -0.1) is 0 Å². The quantitative estimate of drug-likeness (QED) is 0.131. The predicted octanol–water partition coefficient (Wildman–Crippen LogP) is 7.63. The zero-order chi connectivity index (χ0) is 44.3. The lowest BCUT2D eigenvalue weighted by Gasteiger charge is -2.28. The zero-order valence-corrected chi connectivity index (χ0v) is 38.1. The van der Waals surface area contributed by atoms with Crippen LogP contribution in [0.5, 0.6) is 0 Å². The van der Waals surface area contributed by atoms with E-state index >= 15 is 0 Å². The van der Waals surface area contributed by atoms with Crippen LogP contribution >= 0.6 is 0 Å². The van der Waals surface area contributed by atoms with Crippen LogP contribution in [0.3, 0.4) is 0 Å². The van der Waals surface area contributed by atoms with Crippen molar-refractivity contribution in [2.75, 3.05) is 52.5 Å². The molecule has 0 bridgehead atoms. The number of nitrogens with zero attached hydrogens (tertiary/aromatic N) is 14. The first kappa shape index (κ1) is 48.3. The number of rotatable bonds is 6. The van der Waals surface area contributed by atoms with Gasteiger partial charge in [0.25, 0.3) is 5.56 Å². The lowest BCUT2D eigenvalue weighted by molar-refractivity contribution is 0.0678. The first-order chi connectivity index (χ1) is 29.8. The van der Waals surface area contributed by atoms with Crippen molar-refractivity contribution in [3.63, 3.8) is 0 Å². The molecule has 0 aromatic carbocycles. The largest absolute Gasteiger partial charge is 0.378 e. The number of pyridine rings is 1. The number of aliphatic imine (C=N–C) groups is 3. The number of amidine groups is 3. The number of morpholine rings is 1. The molecule has 8 heterocycles. The molecule has 63 heavy (non-hydrogen) atoms. The lowest BCUT2D eigenvalue weighted by atomic mass is 10.1. The molecule has 3 saturated heterocycles. The Bertz CT molecular complexity index is 2460. The SMILES string of the molecule is C.CC(=Nc1ccn(C(C)C)c(=O)n1)N1CCCCC1.CC(=Nc1ccnc2c1ncn2C(C)C)N1CCOCC1.CC(=Nc1nc2c(ncn2C(C)C)c(=O)[nH]1)N1CCCCC1. The van der Waals surface area contributed by atoms with E-state index in [0.29, 0.717) is 29.0 Å². The molecule has 0 atom stereocenters. The third-order valence-electron chi connectivity index (χ3n) is 11.3. The van der Waals surface area contributed by atoms with Crippen molar-refractivity contribution in [3.8, 4) is 0 Å². The number of fused-ring (bicyclic) bond motifs is 2. The Hall–Kier alpha value is -5.78. The second-order valence-corrected chi connectivity index (χ2v) is 16.8. The Morgan fingerprint density at radius 3 is 1.71 bits per heavy atom. The van der Waals surface area contributed by atoms with Gasteiger partial charge < -0.3 is 28.6 Å². The summed E-state index contributed by atoms with van der Waals surface area (Å²) in [4.78, 5) is 68.7. The van der Waals surface area contributed by atoms with Gasteiger partial charge in [0.05, 0.1) is 31.6 Å². The number of piperidine rings is 2. The van der Waals surface area contributed by atoms with E-state index in [1.165, 1.54) is 38.5 Å². The van der Waals surface area contributed by atoms with Crippen molar-refractivity contribution in [2.45, 2.75) is 126 Å². The number of hydrogen-bond donors (Lipinski definition) is 1. The summed E-state index contributed by atoms with van der Waals surface area (Å²) in [5.74, 6) is 3.71. The van der Waals surface area contributed by atoms with Crippen molar-refractivity contribution in [3.05, 3.63) is 58.0 Å². The summed E-state index contributed by atoms with van der Waals surface area (Å²) in [5, 5.41) is 0. The van der Waals surface area contributed by atoms with E-state index in [-0.39, 0.29) is 30.8 Å². The van der Waals surface area contributed by atoms with Crippen molar-refractivity contribution < 1.29 is 4.74 Å². The molecule has 0 saturated carbocycles. The number of ether oxygens (including phenoxy) is 1. The molecule has 1 N–H and O–H groups in total. The van der Waals surface area contributed by atoms with Crippen LogP contribution in [0, 0.1) is 0 Å². The maximum absolute atomic E-state index is 12.1. The maximum atomic E-state index is 12.1. The smallest absolute Gasteiger partial charge is 0.349 e. The number of aromatic amines is 1. The molecule has 5 aromatic heterocycles. The Balaban J connectivity index is 0.000000177. The molecule has 0 radical (unpaired) electrons. The second-order valence-electron chi connectivity index (χ2n) is 16.8. The highest BCUT2D eigenvalue weighted by Gasteiger charge is 2.17. The zero-order valence-electron chi connectivity index (χ0n) is 38.1. The molecule has 342 valence electrons. The molecule has 5 aromatic rings. The standard InChI is InChI=1S/C15H22N6O.C15H21N5O.C14H22N4O.CH4/c1-10(2)21-9-16-12-13(21)18-15(19-14(12)22)17-11(3)20-7-5-4-6-8-20;1-11(2)20-10-17-14-13(4-5-16-15(14)20)18-12(3)19-6-8-21-9-7-19;1-11(2)18-10-7-13(16-14(18)19)15-12(3)17-8-5-4-6-9-17;/h9-10H,4-8H2,1-3H3,(H,18,19,22);4-5,10-11H,6-9H2,1-3H3;7,10-11H,4-6,8-9H2,1-3H3;1H4. The first-order valence-electron chi connectivity index (χ1n) is 22.2. The summed E-state index contributed by atoms with van der Waals surface area (Å²) in [6.07, 6.45) is 14.5. The Morgan fingerprint density at radius 2 is 1.14 bits per heavy atom. The van der Waals surface area contributed by atoms with Gasteiger partial charge in [0.2, 0.25) is 5.95 Å². The molecule has 0 amide bonds. The van der Waals surface area contributed by atoms with Crippen molar-refractivity contribution in [2.24, 2.45) is 15.0 Å². The highest BCUT2D eigenvalue weighted by atomic mass is 16.5. The van der Waals surface area contributed by atoms with Gasteiger partial charge >= 0.3 is 5.69 Å². The van der Waals surface area contributed by atoms with Crippen LogP contribution < -0.4 is 11.2 Å². The number of H-pyrrole nitrogens is 1. The van der Waals surface area contributed by atoms with Crippen LogP contribution in [-0.4, -0.2) is 128 Å². The minimum Gasteiger partial charge on any atom is -0.378 e. The highest BCUT2D eigenvalue weighted by molar-refractivity contribution is 5.90. The number of nitrogens with one attached hydrogen (secondary N) is 1. The molecule has 18 heteroatoms. The number of imidazole rings is 2. The maximum Gasteiger partial charge on any atom is 0.349 e. The van der Waals surface area contributed by atoms with Gasteiger partial charge in [-0.1, -0.05) is 7.43 Å². The minimum atomic E-state index is -0.241. The van der Waals surface area contributed by atoms with E-state index in [2.05, 4.69) is 73.0 Å². The molecule has 0 unspecified atom stereocenters. The van der Waals surface area contributed by atoms with E-state index in [9.17, 15) is 9.59 Å². The third kappa shape index (κ3) is 12.4. The molecule has 8 rings (SSSR count). The Labute approximate surface area is 371 Å². The summed E-state index contributed by atoms with van der Waals surface area (Å²) >= 11 is 0. The van der Waals surface area contributed by atoms with Crippen LogP contribution in [0.2, 0.25) is 0 Å². The molecule has 3 aliphatic heterocycles. The fourth-order valence-electron chi connectivity index (χ4n) is 7.62. The van der Waals surface area contributed by atoms with Crippen LogP contribution in [0.1, 0.15) is 126 Å².